The van der Waals surface area contributed by atoms with Gasteiger partial charge in [-0.25, -0.2) is 0 Å². The minimum Gasteiger partial charge on any atom is -0.614 e. The van der Waals surface area contributed by atoms with Crippen molar-refractivity contribution in [3.63, 3.8) is 0 Å². The fraction of sp³-hybridized carbons (Fsp3) is 1.00. The third-order valence-corrected chi connectivity index (χ3v) is 2.26. The van der Waals surface area contributed by atoms with Gasteiger partial charge >= 0.3 is 0 Å². The molecule has 2 atom stereocenters. The van der Waals surface area contributed by atoms with Crippen molar-refractivity contribution >= 4 is 11.2 Å². The van der Waals surface area contributed by atoms with Gasteiger partial charge in [0.1, 0.15) is 0 Å². The van der Waals surface area contributed by atoms with Crippen molar-refractivity contribution in [2.45, 2.75) is 5.37 Å². The molecule has 1 aliphatic rings. The molecule has 0 aromatic rings. The summed E-state index contributed by atoms with van der Waals surface area (Å²) in [6, 6.07) is 0. The van der Waals surface area contributed by atoms with Crippen LogP contribution >= 0.6 is 0 Å². The second-order valence-corrected chi connectivity index (χ2v) is 3.17. The maximum Gasteiger partial charge on any atom is 0.178 e. The molecule has 0 bridgehead atoms. The third-order valence-electron chi connectivity index (χ3n) is 0.928. The van der Waals surface area contributed by atoms with Gasteiger partial charge in [-0.1, -0.05) is 0 Å². The summed E-state index contributed by atoms with van der Waals surface area (Å²) < 4.78 is 10.5. The molecular formula is C3H8N2OS. The highest BCUT2D eigenvalue weighted by molar-refractivity contribution is 7.92. The lowest BCUT2D eigenvalue weighted by molar-refractivity contribution is 0.592. The van der Waals surface area contributed by atoms with E-state index in [1.54, 1.807) is 0 Å². The van der Waals surface area contributed by atoms with Gasteiger partial charge in [0.2, 0.25) is 0 Å². The van der Waals surface area contributed by atoms with Crippen LogP contribution in [0, 0.1) is 0 Å². The Morgan fingerprint density at radius 3 is 2.71 bits per heavy atom. The molecule has 0 aromatic carbocycles. The molecule has 0 saturated carbocycles. The molecule has 3 N–H and O–H groups in total. The van der Waals surface area contributed by atoms with Crippen molar-refractivity contribution in [2.24, 2.45) is 5.73 Å². The highest BCUT2D eigenvalue weighted by Crippen LogP contribution is 1.99. The molecule has 4 heteroatoms. The smallest absolute Gasteiger partial charge is 0.178 e. The normalized spacial score (nSPS) is 42.0. The van der Waals surface area contributed by atoms with E-state index in [9.17, 15) is 4.55 Å². The van der Waals surface area contributed by atoms with Crippen molar-refractivity contribution in [1.82, 2.24) is 5.32 Å². The molecule has 0 aliphatic carbocycles. The Labute approximate surface area is 45.4 Å². The molecule has 1 aliphatic heterocycles. The molecule has 1 saturated heterocycles. The topological polar surface area (TPSA) is 61.1 Å². The zero-order chi connectivity index (χ0) is 5.28. The molecule has 0 radical (unpaired) electrons. The van der Waals surface area contributed by atoms with E-state index < -0.39 is 11.2 Å². The SMILES string of the molecule is NC1CNC[S+]1[O-]. The van der Waals surface area contributed by atoms with E-state index in [0.29, 0.717) is 12.4 Å². The van der Waals surface area contributed by atoms with Crippen LogP contribution in [0.3, 0.4) is 0 Å². The number of hydrogen-bond donors (Lipinski definition) is 2. The molecular weight excluding hydrogens is 112 g/mol. The molecule has 1 rings (SSSR count). The van der Waals surface area contributed by atoms with Crippen LogP contribution in [0.15, 0.2) is 0 Å². The van der Waals surface area contributed by atoms with Gasteiger partial charge in [-0.2, -0.15) is 0 Å². The predicted octanol–water partition coefficient (Wildman–Crippen LogP) is -1.42. The summed E-state index contributed by atoms with van der Waals surface area (Å²) in [4.78, 5) is 0. The minimum atomic E-state index is -0.801. The largest absolute Gasteiger partial charge is 0.614 e. The van der Waals surface area contributed by atoms with E-state index in [1.165, 1.54) is 0 Å². The first-order valence-electron chi connectivity index (χ1n) is 2.14. The lowest BCUT2D eigenvalue weighted by Crippen LogP contribution is -2.28. The molecule has 0 spiro atoms. The van der Waals surface area contributed by atoms with Gasteiger partial charge in [0.25, 0.3) is 0 Å². The second-order valence-electron chi connectivity index (χ2n) is 1.52. The number of rotatable bonds is 0. The Morgan fingerprint density at radius 2 is 2.57 bits per heavy atom. The first-order chi connectivity index (χ1) is 3.30. The van der Waals surface area contributed by atoms with Gasteiger partial charge < -0.3 is 4.55 Å². The summed E-state index contributed by atoms with van der Waals surface area (Å²) >= 11 is -0.801. The van der Waals surface area contributed by atoms with Gasteiger partial charge in [0.05, 0.1) is 6.54 Å². The number of hydrogen-bond acceptors (Lipinski definition) is 3. The van der Waals surface area contributed by atoms with Crippen LogP contribution in [0.25, 0.3) is 0 Å². The predicted molar refractivity (Wildman–Crippen MR) is 29.0 cm³/mol. The molecule has 2 unspecified atom stereocenters. The Bertz CT molecular complexity index is 62.0. The van der Waals surface area contributed by atoms with Gasteiger partial charge in [0.15, 0.2) is 11.3 Å². The maximum atomic E-state index is 10.5. The summed E-state index contributed by atoms with van der Waals surface area (Å²) in [6.45, 7) is 0.701. The Kier molecular flexibility index (Phi) is 1.53. The summed E-state index contributed by atoms with van der Waals surface area (Å²) in [7, 11) is 0. The average molecular weight is 120 g/mol. The van der Waals surface area contributed by atoms with E-state index in [-0.39, 0.29) is 5.37 Å². The summed E-state index contributed by atoms with van der Waals surface area (Å²) in [5.74, 6) is 0.571. The van der Waals surface area contributed by atoms with Crippen molar-refractivity contribution in [3.8, 4) is 0 Å². The molecule has 0 aromatic heterocycles. The lowest BCUT2D eigenvalue weighted by atomic mass is 10.7. The summed E-state index contributed by atoms with van der Waals surface area (Å²) in [5, 5.41) is 2.77. The summed E-state index contributed by atoms with van der Waals surface area (Å²) in [6.07, 6.45) is 0. The minimum absolute atomic E-state index is 0.125. The van der Waals surface area contributed by atoms with Crippen LogP contribution < -0.4 is 11.1 Å². The number of nitrogens with two attached hydrogens (primary N) is 1. The monoisotopic (exact) mass is 120 g/mol. The first-order valence-corrected chi connectivity index (χ1v) is 3.52. The number of nitrogens with one attached hydrogen (secondary N) is 1. The van der Waals surface area contributed by atoms with Crippen LogP contribution in [0.4, 0.5) is 0 Å². The first kappa shape index (κ1) is 5.37. The van der Waals surface area contributed by atoms with E-state index in [2.05, 4.69) is 5.32 Å². The van der Waals surface area contributed by atoms with Gasteiger partial charge in [-0.3, -0.25) is 11.1 Å². The van der Waals surface area contributed by atoms with E-state index in [0.717, 1.165) is 0 Å². The standard InChI is InChI=1S/C3H8N2OS/c4-3-1-5-2-7(3)6/h3,5H,1-2,4H2. The van der Waals surface area contributed by atoms with Crippen LogP contribution in [0.5, 0.6) is 0 Å². The van der Waals surface area contributed by atoms with E-state index in [1.807, 2.05) is 0 Å². The molecule has 3 nitrogen and oxygen atoms in total. The summed E-state index contributed by atoms with van der Waals surface area (Å²) in [5.41, 5.74) is 5.32. The van der Waals surface area contributed by atoms with Crippen molar-refractivity contribution in [3.05, 3.63) is 0 Å². The Morgan fingerprint density at radius 1 is 1.86 bits per heavy atom. The van der Waals surface area contributed by atoms with E-state index in [4.69, 9.17) is 5.73 Å². The second kappa shape index (κ2) is 2.00. The molecule has 0 amide bonds. The van der Waals surface area contributed by atoms with Gasteiger partial charge in [0, 0.05) is 0 Å². The molecule has 1 fully saturated rings. The molecule has 1 heterocycles. The highest BCUT2D eigenvalue weighted by Gasteiger charge is 2.23. The van der Waals surface area contributed by atoms with Crippen LogP contribution in [0.2, 0.25) is 0 Å². The lowest BCUT2D eigenvalue weighted by Gasteiger charge is -2.04. The van der Waals surface area contributed by atoms with Crippen molar-refractivity contribution in [2.75, 3.05) is 12.4 Å². The molecule has 42 valence electrons. The average Bonchev–Trinajstić information content (AvgIpc) is 1.91. The third kappa shape index (κ3) is 1.07. The molecule has 7 heavy (non-hydrogen) atoms. The van der Waals surface area contributed by atoms with E-state index >= 15 is 0 Å². The fourth-order valence-electron chi connectivity index (χ4n) is 0.502. The van der Waals surface area contributed by atoms with Crippen molar-refractivity contribution in [1.29, 1.82) is 0 Å². The maximum absolute atomic E-state index is 10.5. The Hall–Kier alpha value is 0.230. The van der Waals surface area contributed by atoms with Crippen molar-refractivity contribution < 1.29 is 4.55 Å². The fourth-order valence-corrected chi connectivity index (χ4v) is 1.34. The Balaban J connectivity index is 2.33. The van der Waals surface area contributed by atoms with Crippen LogP contribution in [-0.2, 0) is 11.2 Å². The van der Waals surface area contributed by atoms with Gasteiger partial charge in [-0.05, 0) is 11.2 Å². The van der Waals surface area contributed by atoms with Crippen LogP contribution in [-0.4, -0.2) is 22.3 Å². The quantitative estimate of drug-likeness (QED) is 0.386. The highest BCUT2D eigenvalue weighted by atomic mass is 32.2. The van der Waals surface area contributed by atoms with Gasteiger partial charge in [-0.15, -0.1) is 0 Å². The zero-order valence-electron chi connectivity index (χ0n) is 3.89. The van der Waals surface area contributed by atoms with Crippen LogP contribution in [0.1, 0.15) is 0 Å². The zero-order valence-corrected chi connectivity index (χ0v) is 4.70.